The van der Waals surface area contributed by atoms with Crippen molar-refractivity contribution >= 4 is 11.8 Å². The molecule has 1 aromatic carbocycles. The Balaban J connectivity index is 1.64. The lowest BCUT2D eigenvalue weighted by Gasteiger charge is -2.14. The second-order valence-electron chi connectivity index (χ2n) is 4.80. The number of hydrogen-bond acceptors (Lipinski definition) is 6. The monoisotopic (exact) mass is 271 g/mol. The SMILES string of the molecule is Cc1cnc(NN)nc1NCC1Cc2ccccc2O1. The van der Waals surface area contributed by atoms with Crippen LogP contribution in [-0.4, -0.2) is 22.6 Å². The summed E-state index contributed by atoms with van der Waals surface area (Å²) in [6.45, 7) is 2.64. The third kappa shape index (κ3) is 2.50. The van der Waals surface area contributed by atoms with Crippen LogP contribution < -0.4 is 21.3 Å². The van der Waals surface area contributed by atoms with Gasteiger partial charge in [-0.2, -0.15) is 4.98 Å². The maximum absolute atomic E-state index is 5.88. The first-order chi connectivity index (χ1) is 9.76. The zero-order chi connectivity index (χ0) is 13.9. The van der Waals surface area contributed by atoms with Gasteiger partial charge in [-0.25, -0.2) is 10.8 Å². The van der Waals surface area contributed by atoms with E-state index in [1.807, 2.05) is 25.1 Å². The molecule has 2 aromatic rings. The largest absolute Gasteiger partial charge is 0.488 e. The van der Waals surface area contributed by atoms with Gasteiger partial charge in [-0.15, -0.1) is 0 Å². The van der Waals surface area contributed by atoms with Crippen LogP contribution in [0.15, 0.2) is 30.5 Å². The van der Waals surface area contributed by atoms with Gasteiger partial charge in [0.1, 0.15) is 17.7 Å². The number of benzene rings is 1. The van der Waals surface area contributed by atoms with Gasteiger partial charge in [0.2, 0.25) is 5.95 Å². The summed E-state index contributed by atoms with van der Waals surface area (Å²) in [7, 11) is 0. The molecule has 20 heavy (non-hydrogen) atoms. The molecule has 6 nitrogen and oxygen atoms in total. The molecular weight excluding hydrogens is 254 g/mol. The molecule has 0 bridgehead atoms. The van der Waals surface area contributed by atoms with E-state index in [0.717, 1.165) is 23.6 Å². The van der Waals surface area contributed by atoms with Crippen molar-refractivity contribution in [3.05, 3.63) is 41.6 Å². The summed E-state index contributed by atoms with van der Waals surface area (Å²) >= 11 is 0. The Morgan fingerprint density at radius 3 is 3.05 bits per heavy atom. The summed E-state index contributed by atoms with van der Waals surface area (Å²) in [5, 5.41) is 3.29. The summed E-state index contributed by atoms with van der Waals surface area (Å²) in [5.74, 6) is 7.46. The number of hydrogen-bond donors (Lipinski definition) is 3. The Hall–Kier alpha value is -2.34. The number of nitrogens with two attached hydrogens (primary N) is 1. The molecule has 6 heteroatoms. The van der Waals surface area contributed by atoms with Gasteiger partial charge < -0.3 is 10.1 Å². The average molecular weight is 271 g/mol. The average Bonchev–Trinajstić information content (AvgIpc) is 2.89. The number of hydrazine groups is 1. The van der Waals surface area contributed by atoms with Crippen molar-refractivity contribution in [3.8, 4) is 5.75 Å². The molecule has 0 saturated heterocycles. The maximum Gasteiger partial charge on any atom is 0.239 e. The number of para-hydroxylation sites is 1. The first kappa shape index (κ1) is 12.7. The van der Waals surface area contributed by atoms with Crippen molar-refractivity contribution < 1.29 is 4.74 Å². The van der Waals surface area contributed by atoms with E-state index >= 15 is 0 Å². The van der Waals surface area contributed by atoms with Crippen molar-refractivity contribution in [1.29, 1.82) is 0 Å². The Bertz CT molecular complexity index is 591. The van der Waals surface area contributed by atoms with E-state index in [-0.39, 0.29) is 6.10 Å². The molecule has 1 aliphatic rings. The Morgan fingerprint density at radius 2 is 2.25 bits per heavy atom. The molecule has 0 radical (unpaired) electrons. The van der Waals surface area contributed by atoms with Crippen LogP contribution in [0.4, 0.5) is 11.8 Å². The quantitative estimate of drug-likeness (QED) is 0.577. The number of nitrogens with zero attached hydrogens (tertiary/aromatic N) is 2. The van der Waals surface area contributed by atoms with Gasteiger partial charge in [0.25, 0.3) is 0 Å². The molecule has 1 aliphatic heterocycles. The normalized spacial score (nSPS) is 16.4. The summed E-state index contributed by atoms with van der Waals surface area (Å²) in [6, 6.07) is 8.12. The van der Waals surface area contributed by atoms with E-state index < -0.39 is 0 Å². The number of nitrogens with one attached hydrogen (secondary N) is 2. The Labute approximate surface area is 117 Å². The Kier molecular flexibility index (Phi) is 3.39. The molecule has 1 aromatic heterocycles. The predicted octanol–water partition coefficient (Wildman–Crippen LogP) is 1.49. The van der Waals surface area contributed by atoms with Crippen LogP contribution in [0, 0.1) is 6.92 Å². The van der Waals surface area contributed by atoms with E-state index in [9.17, 15) is 0 Å². The molecule has 0 fully saturated rings. The second-order valence-corrected chi connectivity index (χ2v) is 4.80. The van der Waals surface area contributed by atoms with Crippen molar-refractivity contribution in [3.63, 3.8) is 0 Å². The molecule has 0 spiro atoms. The van der Waals surface area contributed by atoms with Crippen molar-refractivity contribution in [2.75, 3.05) is 17.3 Å². The van der Waals surface area contributed by atoms with Gasteiger partial charge in [-0.1, -0.05) is 18.2 Å². The molecular formula is C14H17N5O. The van der Waals surface area contributed by atoms with Crippen LogP contribution in [0.3, 0.4) is 0 Å². The molecule has 0 aliphatic carbocycles. The third-order valence-electron chi connectivity index (χ3n) is 3.31. The van der Waals surface area contributed by atoms with Crippen LogP contribution in [0.2, 0.25) is 0 Å². The summed E-state index contributed by atoms with van der Waals surface area (Å²) in [4.78, 5) is 8.34. The smallest absolute Gasteiger partial charge is 0.239 e. The number of anilines is 2. The summed E-state index contributed by atoms with van der Waals surface area (Å²) in [6.07, 6.45) is 2.76. The minimum Gasteiger partial charge on any atom is -0.488 e. The van der Waals surface area contributed by atoms with E-state index in [4.69, 9.17) is 10.6 Å². The highest BCUT2D eigenvalue weighted by molar-refractivity contribution is 5.46. The van der Waals surface area contributed by atoms with E-state index in [0.29, 0.717) is 12.5 Å². The van der Waals surface area contributed by atoms with Gasteiger partial charge in [-0.3, -0.25) is 5.43 Å². The molecule has 104 valence electrons. The minimum absolute atomic E-state index is 0.121. The molecule has 1 unspecified atom stereocenters. The summed E-state index contributed by atoms with van der Waals surface area (Å²) < 4.78 is 5.88. The van der Waals surface area contributed by atoms with E-state index in [1.165, 1.54) is 5.56 Å². The molecule has 2 heterocycles. The molecule has 4 N–H and O–H groups in total. The highest BCUT2D eigenvalue weighted by Gasteiger charge is 2.22. The maximum atomic E-state index is 5.88. The van der Waals surface area contributed by atoms with Crippen molar-refractivity contribution in [1.82, 2.24) is 9.97 Å². The standard InChI is InChI=1S/C14H17N5O/c1-9-7-17-14(19-15)18-13(9)16-8-11-6-10-4-2-3-5-12(10)20-11/h2-5,7,11H,6,8,15H2,1H3,(H2,16,17,18,19). The fourth-order valence-corrected chi connectivity index (χ4v) is 2.27. The highest BCUT2D eigenvalue weighted by atomic mass is 16.5. The zero-order valence-corrected chi connectivity index (χ0v) is 11.3. The fourth-order valence-electron chi connectivity index (χ4n) is 2.27. The lowest BCUT2D eigenvalue weighted by atomic mass is 10.1. The van der Waals surface area contributed by atoms with Gasteiger partial charge in [0.05, 0.1) is 6.54 Å². The van der Waals surface area contributed by atoms with Crippen LogP contribution in [0.25, 0.3) is 0 Å². The Morgan fingerprint density at radius 1 is 1.40 bits per heavy atom. The van der Waals surface area contributed by atoms with Crippen molar-refractivity contribution in [2.45, 2.75) is 19.4 Å². The third-order valence-corrected chi connectivity index (χ3v) is 3.31. The van der Waals surface area contributed by atoms with E-state index in [1.54, 1.807) is 6.20 Å². The highest BCUT2D eigenvalue weighted by Crippen LogP contribution is 2.28. The second kappa shape index (κ2) is 5.34. The minimum atomic E-state index is 0.121. The lowest BCUT2D eigenvalue weighted by molar-refractivity contribution is 0.246. The molecule has 1 atom stereocenters. The first-order valence-corrected chi connectivity index (χ1v) is 6.55. The number of aromatic nitrogens is 2. The van der Waals surface area contributed by atoms with Crippen LogP contribution in [-0.2, 0) is 6.42 Å². The molecule has 0 amide bonds. The number of fused-ring (bicyclic) bond motifs is 1. The van der Waals surface area contributed by atoms with Gasteiger partial charge >= 0.3 is 0 Å². The van der Waals surface area contributed by atoms with Crippen LogP contribution in [0.5, 0.6) is 5.75 Å². The number of ether oxygens (including phenoxy) is 1. The van der Waals surface area contributed by atoms with Crippen molar-refractivity contribution in [2.24, 2.45) is 5.84 Å². The number of aryl methyl sites for hydroxylation is 1. The van der Waals surface area contributed by atoms with Gasteiger partial charge in [0.15, 0.2) is 0 Å². The predicted molar refractivity (Wildman–Crippen MR) is 77.6 cm³/mol. The number of nitrogen functional groups attached to an aromatic ring is 1. The topological polar surface area (TPSA) is 85.1 Å². The van der Waals surface area contributed by atoms with Gasteiger partial charge in [0, 0.05) is 18.2 Å². The van der Waals surface area contributed by atoms with Crippen LogP contribution >= 0.6 is 0 Å². The molecule has 3 rings (SSSR count). The zero-order valence-electron chi connectivity index (χ0n) is 11.3. The van der Waals surface area contributed by atoms with E-state index in [2.05, 4.69) is 26.8 Å². The fraction of sp³-hybridized carbons (Fsp3) is 0.286. The lowest BCUT2D eigenvalue weighted by Crippen LogP contribution is -2.25. The van der Waals surface area contributed by atoms with Crippen LogP contribution in [0.1, 0.15) is 11.1 Å². The summed E-state index contributed by atoms with van der Waals surface area (Å²) in [5.41, 5.74) is 4.67. The van der Waals surface area contributed by atoms with Gasteiger partial charge in [-0.05, 0) is 18.6 Å². The number of rotatable bonds is 4. The first-order valence-electron chi connectivity index (χ1n) is 6.55. The molecule has 0 saturated carbocycles.